The smallest absolute Gasteiger partial charge is 0.287 e. The summed E-state index contributed by atoms with van der Waals surface area (Å²) in [5.74, 6) is 0.510. The van der Waals surface area contributed by atoms with E-state index in [1.807, 2.05) is 0 Å². The first-order chi connectivity index (χ1) is 7.04. The Morgan fingerprint density at radius 3 is 2.67 bits per heavy atom. The molecule has 0 heterocycles. The number of benzene rings is 1. The second-order valence-electron chi connectivity index (χ2n) is 2.71. The third kappa shape index (κ3) is 3.55. The van der Waals surface area contributed by atoms with Crippen LogP contribution in [0.25, 0.3) is 0 Å². The largest absolute Gasteiger partial charge is 0.495 e. The van der Waals surface area contributed by atoms with E-state index < -0.39 is 0 Å². The van der Waals surface area contributed by atoms with Crippen molar-refractivity contribution in [1.82, 2.24) is 5.32 Å². The third-order valence-corrected chi connectivity index (χ3v) is 2.67. The Morgan fingerprint density at radius 1 is 1.47 bits per heavy atom. The number of carbonyl (C=O) groups is 1. The molecule has 0 aliphatic heterocycles. The fourth-order valence-corrected chi connectivity index (χ4v) is 1.65. The summed E-state index contributed by atoms with van der Waals surface area (Å²) in [5.41, 5.74) is 0.732. The van der Waals surface area contributed by atoms with E-state index in [0.717, 1.165) is 5.56 Å². The molecule has 0 fully saturated rings. The molecule has 1 N–H and O–H groups in total. The van der Waals surface area contributed by atoms with Gasteiger partial charge in [-0.1, -0.05) is 23.2 Å². The van der Waals surface area contributed by atoms with Crippen molar-refractivity contribution in [3.8, 4) is 5.75 Å². The fraction of sp³-hybridized carbons (Fsp3) is 0.222. The normalized spacial score (nSPS) is 9.87. The second kappa shape index (κ2) is 5.58. The van der Waals surface area contributed by atoms with E-state index in [9.17, 15) is 4.79 Å². The van der Waals surface area contributed by atoms with Gasteiger partial charge < -0.3 is 10.1 Å². The van der Waals surface area contributed by atoms with Gasteiger partial charge >= 0.3 is 0 Å². The highest BCUT2D eigenvalue weighted by molar-refractivity contribution is 9.18. The number of nitrogens with one attached hydrogen (secondary N) is 1. The summed E-state index contributed by atoms with van der Waals surface area (Å²) >= 11 is 14.6. The highest BCUT2D eigenvalue weighted by Gasteiger charge is 2.08. The Bertz CT molecular complexity index is 385. The Hall–Kier alpha value is -0.450. The van der Waals surface area contributed by atoms with Crippen LogP contribution in [-0.2, 0) is 6.54 Å². The average molecular weight is 313 g/mol. The van der Waals surface area contributed by atoms with Crippen LogP contribution in [0.1, 0.15) is 5.56 Å². The predicted octanol–water partition coefficient (Wildman–Crippen LogP) is 3.61. The molecule has 1 aromatic carbocycles. The molecule has 1 aromatic rings. The van der Waals surface area contributed by atoms with Gasteiger partial charge in [-0.2, -0.15) is 0 Å². The van der Waals surface area contributed by atoms with Crippen molar-refractivity contribution >= 4 is 43.9 Å². The van der Waals surface area contributed by atoms with Crippen LogP contribution in [0.5, 0.6) is 5.75 Å². The van der Waals surface area contributed by atoms with Gasteiger partial charge in [-0.25, -0.2) is 0 Å². The van der Waals surface area contributed by atoms with Crippen molar-refractivity contribution in [2.75, 3.05) is 7.11 Å². The van der Waals surface area contributed by atoms with E-state index in [0.29, 0.717) is 22.3 Å². The van der Waals surface area contributed by atoms with Gasteiger partial charge in [0.25, 0.3) is 4.82 Å². The van der Waals surface area contributed by atoms with Crippen LogP contribution in [0.3, 0.4) is 0 Å². The maximum atomic E-state index is 10.6. The van der Waals surface area contributed by atoms with Gasteiger partial charge in [-0.05, 0) is 11.6 Å². The van der Waals surface area contributed by atoms with Crippen LogP contribution >= 0.6 is 39.1 Å². The zero-order valence-electron chi connectivity index (χ0n) is 7.81. The number of ether oxygens (including phenoxy) is 1. The molecule has 0 aliphatic rings. The zero-order chi connectivity index (χ0) is 11.4. The molecule has 0 aliphatic carbocycles. The number of hydrogen-bond donors (Lipinski definition) is 1. The minimum atomic E-state index is -0.300. The Labute approximate surface area is 106 Å². The van der Waals surface area contributed by atoms with Crippen molar-refractivity contribution in [3.63, 3.8) is 0 Å². The van der Waals surface area contributed by atoms with E-state index in [-0.39, 0.29) is 4.82 Å². The molecule has 0 unspecified atom stereocenters. The van der Waals surface area contributed by atoms with Gasteiger partial charge in [-0.3, -0.25) is 4.79 Å². The van der Waals surface area contributed by atoms with Crippen molar-refractivity contribution in [3.05, 3.63) is 27.7 Å². The van der Waals surface area contributed by atoms with Crippen molar-refractivity contribution in [2.24, 2.45) is 0 Å². The SMILES string of the molecule is COc1cc(Cl)c(CNC(=O)Br)cc1Cl. The lowest BCUT2D eigenvalue weighted by Crippen LogP contribution is -2.15. The average Bonchev–Trinajstić information content (AvgIpc) is 2.18. The number of hydrogen-bond acceptors (Lipinski definition) is 2. The van der Waals surface area contributed by atoms with Crippen LogP contribution < -0.4 is 10.1 Å². The van der Waals surface area contributed by atoms with Crippen LogP contribution in [-0.4, -0.2) is 11.9 Å². The standard InChI is InChI=1S/C9H8BrCl2NO2/c1-15-8-3-6(11)5(2-7(8)12)4-13-9(10)14/h2-3H,4H2,1H3,(H,13,14). The predicted molar refractivity (Wildman–Crippen MR) is 64.2 cm³/mol. The molecular formula is C9H8BrCl2NO2. The number of methoxy groups -OCH3 is 1. The molecule has 0 saturated heterocycles. The first kappa shape index (κ1) is 12.6. The third-order valence-electron chi connectivity index (χ3n) is 1.74. The summed E-state index contributed by atoms with van der Waals surface area (Å²) < 4.78 is 4.99. The molecule has 1 rings (SSSR count). The molecule has 6 heteroatoms. The topological polar surface area (TPSA) is 38.3 Å². The quantitative estimate of drug-likeness (QED) is 0.684. The van der Waals surface area contributed by atoms with Crippen molar-refractivity contribution in [1.29, 1.82) is 0 Å². The molecule has 15 heavy (non-hydrogen) atoms. The monoisotopic (exact) mass is 311 g/mol. The Kier molecular flexibility index (Phi) is 4.70. The zero-order valence-corrected chi connectivity index (χ0v) is 10.9. The van der Waals surface area contributed by atoms with Gasteiger partial charge in [0.15, 0.2) is 0 Å². The Balaban J connectivity index is 2.90. The lowest BCUT2D eigenvalue weighted by Gasteiger charge is -2.08. The van der Waals surface area contributed by atoms with Crippen LogP contribution in [0.15, 0.2) is 12.1 Å². The molecular weight excluding hydrogens is 305 g/mol. The molecule has 0 saturated carbocycles. The summed E-state index contributed by atoms with van der Waals surface area (Å²) in [7, 11) is 1.51. The maximum Gasteiger partial charge on any atom is 0.287 e. The summed E-state index contributed by atoms with van der Waals surface area (Å²) in [6, 6.07) is 3.27. The van der Waals surface area contributed by atoms with E-state index in [1.54, 1.807) is 12.1 Å². The Morgan fingerprint density at radius 2 is 2.13 bits per heavy atom. The van der Waals surface area contributed by atoms with Crippen LogP contribution in [0, 0.1) is 0 Å². The van der Waals surface area contributed by atoms with Crippen molar-refractivity contribution in [2.45, 2.75) is 6.54 Å². The lowest BCUT2D eigenvalue weighted by atomic mass is 10.2. The van der Waals surface area contributed by atoms with E-state index >= 15 is 0 Å². The number of halogens is 3. The van der Waals surface area contributed by atoms with E-state index in [2.05, 4.69) is 21.2 Å². The summed E-state index contributed by atoms with van der Waals surface area (Å²) in [6.07, 6.45) is 0. The van der Waals surface area contributed by atoms with E-state index in [4.69, 9.17) is 27.9 Å². The highest BCUT2D eigenvalue weighted by atomic mass is 79.9. The maximum absolute atomic E-state index is 10.6. The lowest BCUT2D eigenvalue weighted by molar-refractivity contribution is 0.261. The first-order valence-electron chi connectivity index (χ1n) is 4.00. The molecule has 0 bridgehead atoms. The minimum Gasteiger partial charge on any atom is -0.495 e. The summed E-state index contributed by atoms with van der Waals surface area (Å²) in [4.78, 5) is 10.3. The molecule has 0 spiro atoms. The summed E-state index contributed by atoms with van der Waals surface area (Å²) in [6.45, 7) is 0.312. The van der Waals surface area contributed by atoms with Gasteiger partial charge in [0.1, 0.15) is 5.75 Å². The molecule has 0 aromatic heterocycles. The minimum absolute atomic E-state index is 0.300. The molecule has 0 atom stereocenters. The summed E-state index contributed by atoms with van der Waals surface area (Å²) in [5, 5.41) is 3.52. The molecule has 82 valence electrons. The first-order valence-corrected chi connectivity index (χ1v) is 5.54. The fourth-order valence-electron chi connectivity index (χ4n) is 1.03. The number of amides is 1. The van der Waals surface area contributed by atoms with Gasteiger partial charge in [0.05, 0.1) is 12.1 Å². The highest BCUT2D eigenvalue weighted by Crippen LogP contribution is 2.30. The van der Waals surface area contributed by atoms with Crippen LogP contribution in [0.4, 0.5) is 4.79 Å². The number of carbonyl (C=O) groups excluding carboxylic acids is 1. The van der Waals surface area contributed by atoms with E-state index in [1.165, 1.54) is 7.11 Å². The second-order valence-corrected chi connectivity index (χ2v) is 4.24. The van der Waals surface area contributed by atoms with Gasteiger partial charge in [0.2, 0.25) is 0 Å². The van der Waals surface area contributed by atoms with Crippen LogP contribution in [0.2, 0.25) is 10.0 Å². The molecule has 3 nitrogen and oxygen atoms in total. The van der Waals surface area contributed by atoms with Gasteiger partial charge in [0, 0.05) is 33.6 Å². The molecule has 1 amide bonds. The number of rotatable bonds is 3. The van der Waals surface area contributed by atoms with Crippen molar-refractivity contribution < 1.29 is 9.53 Å². The van der Waals surface area contributed by atoms with Gasteiger partial charge in [-0.15, -0.1) is 0 Å². The molecule has 0 radical (unpaired) electrons.